The molecule has 17 heavy (non-hydrogen) atoms. The van der Waals surface area contributed by atoms with Crippen LogP contribution in [0.2, 0.25) is 0 Å². The standard InChI is InChI=1S/C12H22FNO3/c1-5-6-8-7-9(13)10(16-8)14-11(15)17-12(2,3)4/h8-10H,5-7H2,1-4H3,(H,14,15). The molecule has 1 rings (SSSR count). The van der Waals surface area contributed by atoms with Crippen LogP contribution in [0.5, 0.6) is 0 Å². The zero-order valence-electron chi connectivity index (χ0n) is 11.0. The Kier molecular flexibility index (Phi) is 4.74. The van der Waals surface area contributed by atoms with Crippen LogP contribution >= 0.6 is 0 Å². The summed E-state index contributed by atoms with van der Waals surface area (Å²) < 4.78 is 24.0. The molecule has 100 valence electrons. The number of hydrogen-bond donors (Lipinski definition) is 1. The van der Waals surface area contributed by atoms with Crippen molar-refractivity contribution < 1.29 is 18.7 Å². The number of amides is 1. The molecule has 1 saturated heterocycles. The molecule has 0 aromatic rings. The first-order valence-corrected chi connectivity index (χ1v) is 6.11. The van der Waals surface area contributed by atoms with Crippen LogP contribution in [0.3, 0.4) is 0 Å². The maximum absolute atomic E-state index is 13.6. The summed E-state index contributed by atoms with van der Waals surface area (Å²) in [6, 6.07) is 0. The Balaban J connectivity index is 2.39. The van der Waals surface area contributed by atoms with E-state index in [-0.39, 0.29) is 6.10 Å². The quantitative estimate of drug-likeness (QED) is 0.834. The van der Waals surface area contributed by atoms with E-state index in [0.717, 1.165) is 12.8 Å². The monoisotopic (exact) mass is 247 g/mol. The van der Waals surface area contributed by atoms with Crippen LogP contribution in [0, 0.1) is 0 Å². The lowest BCUT2D eigenvalue weighted by Crippen LogP contribution is -2.42. The molecule has 3 atom stereocenters. The van der Waals surface area contributed by atoms with Gasteiger partial charge in [0, 0.05) is 6.42 Å². The summed E-state index contributed by atoms with van der Waals surface area (Å²) in [4.78, 5) is 11.4. The second-order valence-corrected chi connectivity index (χ2v) is 5.37. The highest BCUT2D eigenvalue weighted by molar-refractivity contribution is 5.68. The SMILES string of the molecule is CCCC1CC(F)C(NC(=O)OC(C)(C)C)O1. The fourth-order valence-corrected chi connectivity index (χ4v) is 1.78. The second-order valence-electron chi connectivity index (χ2n) is 5.37. The van der Waals surface area contributed by atoms with Crippen molar-refractivity contribution in [2.45, 2.75) is 71.1 Å². The molecule has 1 heterocycles. The molecular formula is C12H22FNO3. The second kappa shape index (κ2) is 5.67. The van der Waals surface area contributed by atoms with Crippen molar-refractivity contribution in [3.8, 4) is 0 Å². The molecule has 1 aliphatic heterocycles. The first kappa shape index (κ1) is 14.2. The Morgan fingerprint density at radius 1 is 1.53 bits per heavy atom. The fourth-order valence-electron chi connectivity index (χ4n) is 1.78. The average Bonchev–Trinajstić information content (AvgIpc) is 2.44. The summed E-state index contributed by atoms with van der Waals surface area (Å²) in [5.74, 6) is 0. The van der Waals surface area contributed by atoms with Crippen LogP contribution in [0.15, 0.2) is 0 Å². The predicted octanol–water partition coefficient (Wildman–Crippen LogP) is 2.76. The molecular weight excluding hydrogens is 225 g/mol. The van der Waals surface area contributed by atoms with Crippen LogP contribution in [-0.4, -0.2) is 30.2 Å². The maximum atomic E-state index is 13.6. The van der Waals surface area contributed by atoms with Crippen LogP contribution in [0.25, 0.3) is 0 Å². The summed E-state index contributed by atoms with van der Waals surface area (Å²) in [5.41, 5.74) is -0.586. The van der Waals surface area contributed by atoms with Crippen LogP contribution in [0.4, 0.5) is 9.18 Å². The van der Waals surface area contributed by atoms with E-state index in [2.05, 4.69) is 5.32 Å². The Morgan fingerprint density at radius 3 is 2.71 bits per heavy atom. The summed E-state index contributed by atoms with van der Waals surface area (Å²) >= 11 is 0. The highest BCUT2D eigenvalue weighted by atomic mass is 19.1. The first-order valence-electron chi connectivity index (χ1n) is 6.11. The molecule has 0 saturated carbocycles. The lowest BCUT2D eigenvalue weighted by atomic mass is 10.1. The molecule has 1 N–H and O–H groups in total. The molecule has 1 fully saturated rings. The Labute approximate surface area is 102 Å². The number of halogens is 1. The van der Waals surface area contributed by atoms with Gasteiger partial charge in [-0.2, -0.15) is 0 Å². The third kappa shape index (κ3) is 4.89. The van der Waals surface area contributed by atoms with Crippen LogP contribution < -0.4 is 5.32 Å². The smallest absolute Gasteiger partial charge is 0.409 e. The predicted molar refractivity (Wildman–Crippen MR) is 62.5 cm³/mol. The van der Waals surface area contributed by atoms with E-state index in [1.165, 1.54) is 0 Å². The Hall–Kier alpha value is -0.840. The summed E-state index contributed by atoms with van der Waals surface area (Å²) in [5, 5.41) is 2.42. The molecule has 0 aliphatic carbocycles. The first-order chi connectivity index (χ1) is 7.81. The molecule has 0 radical (unpaired) electrons. The van der Waals surface area contributed by atoms with Crippen molar-refractivity contribution >= 4 is 6.09 Å². The van der Waals surface area contributed by atoms with E-state index >= 15 is 0 Å². The van der Waals surface area contributed by atoms with E-state index in [4.69, 9.17) is 9.47 Å². The van der Waals surface area contributed by atoms with E-state index < -0.39 is 24.1 Å². The zero-order valence-corrected chi connectivity index (χ0v) is 11.0. The summed E-state index contributed by atoms with van der Waals surface area (Å²) in [6.45, 7) is 7.30. The topological polar surface area (TPSA) is 47.6 Å². The number of hydrogen-bond acceptors (Lipinski definition) is 3. The molecule has 5 heteroatoms. The molecule has 1 aliphatic rings. The van der Waals surface area contributed by atoms with Crippen molar-refractivity contribution in [1.82, 2.24) is 5.32 Å². The lowest BCUT2D eigenvalue weighted by molar-refractivity contribution is -0.00938. The number of carbonyl (C=O) groups excluding carboxylic acids is 1. The van der Waals surface area contributed by atoms with Crippen molar-refractivity contribution in [3.63, 3.8) is 0 Å². The van der Waals surface area contributed by atoms with Crippen LogP contribution in [0.1, 0.15) is 47.0 Å². The molecule has 4 nitrogen and oxygen atoms in total. The van der Waals surface area contributed by atoms with Gasteiger partial charge >= 0.3 is 6.09 Å². The van der Waals surface area contributed by atoms with Gasteiger partial charge in [-0.25, -0.2) is 9.18 Å². The third-order valence-electron chi connectivity index (χ3n) is 2.43. The minimum Gasteiger partial charge on any atom is -0.444 e. The van der Waals surface area contributed by atoms with Crippen molar-refractivity contribution in [1.29, 1.82) is 0 Å². The minimum atomic E-state index is -1.15. The van der Waals surface area contributed by atoms with Gasteiger partial charge in [0.1, 0.15) is 11.8 Å². The highest BCUT2D eigenvalue weighted by Crippen LogP contribution is 2.25. The number of rotatable bonds is 3. The van der Waals surface area contributed by atoms with Gasteiger partial charge in [0.15, 0.2) is 6.23 Å². The van der Waals surface area contributed by atoms with Gasteiger partial charge in [0.05, 0.1) is 6.10 Å². The fraction of sp³-hybridized carbons (Fsp3) is 0.917. The zero-order chi connectivity index (χ0) is 13.1. The van der Waals surface area contributed by atoms with E-state index in [1.807, 2.05) is 6.92 Å². The maximum Gasteiger partial charge on any atom is 0.409 e. The average molecular weight is 247 g/mol. The largest absolute Gasteiger partial charge is 0.444 e. The number of alkyl halides is 1. The Bertz CT molecular complexity index is 265. The molecule has 1 amide bonds. The third-order valence-corrected chi connectivity index (χ3v) is 2.43. The molecule has 0 bridgehead atoms. The molecule has 0 aromatic heterocycles. The van der Waals surface area contributed by atoms with Gasteiger partial charge in [0.2, 0.25) is 0 Å². The minimum absolute atomic E-state index is 0.102. The normalized spacial score (nSPS) is 29.1. The molecule has 0 aromatic carbocycles. The van der Waals surface area contributed by atoms with E-state index in [1.54, 1.807) is 20.8 Å². The molecule has 3 unspecified atom stereocenters. The number of nitrogens with one attached hydrogen (secondary N) is 1. The van der Waals surface area contributed by atoms with Gasteiger partial charge in [-0.1, -0.05) is 13.3 Å². The number of alkyl carbamates (subject to hydrolysis) is 1. The highest BCUT2D eigenvalue weighted by Gasteiger charge is 2.36. The van der Waals surface area contributed by atoms with Gasteiger partial charge in [-0.3, -0.25) is 5.32 Å². The number of ether oxygens (including phenoxy) is 2. The van der Waals surface area contributed by atoms with Crippen molar-refractivity contribution in [3.05, 3.63) is 0 Å². The number of carbonyl (C=O) groups is 1. The summed E-state index contributed by atoms with van der Waals surface area (Å²) in [6.07, 6.45) is -0.671. The van der Waals surface area contributed by atoms with Gasteiger partial charge < -0.3 is 9.47 Å². The van der Waals surface area contributed by atoms with Crippen LogP contribution in [-0.2, 0) is 9.47 Å². The van der Waals surface area contributed by atoms with E-state index in [0.29, 0.717) is 6.42 Å². The molecule has 0 spiro atoms. The van der Waals surface area contributed by atoms with Gasteiger partial charge in [-0.15, -0.1) is 0 Å². The lowest BCUT2D eigenvalue weighted by Gasteiger charge is -2.22. The summed E-state index contributed by atoms with van der Waals surface area (Å²) in [7, 11) is 0. The van der Waals surface area contributed by atoms with Gasteiger partial charge in [0.25, 0.3) is 0 Å². The van der Waals surface area contributed by atoms with Gasteiger partial charge in [-0.05, 0) is 27.2 Å². The Morgan fingerprint density at radius 2 is 2.18 bits per heavy atom. The van der Waals surface area contributed by atoms with Crippen molar-refractivity contribution in [2.24, 2.45) is 0 Å². The van der Waals surface area contributed by atoms with E-state index in [9.17, 15) is 9.18 Å². The van der Waals surface area contributed by atoms with Crippen molar-refractivity contribution in [2.75, 3.05) is 0 Å².